The minimum Gasteiger partial charge on any atom is -0.373 e. The molecular weight excluding hydrogens is 244 g/mol. The van der Waals surface area contributed by atoms with Crippen LogP contribution in [0.4, 0.5) is 0 Å². The molecule has 16 heavy (non-hydrogen) atoms. The lowest BCUT2D eigenvalue weighted by Gasteiger charge is -2.28. The molecule has 0 bridgehead atoms. The SMILES string of the molecule is SC(S)C(N1CCOCC1)=[N+]1CCOCC1. The number of ether oxygens (including phenoxy) is 2. The van der Waals surface area contributed by atoms with E-state index in [-0.39, 0.29) is 4.58 Å². The average molecular weight is 263 g/mol. The first-order chi connectivity index (χ1) is 7.79. The van der Waals surface area contributed by atoms with Gasteiger partial charge in [-0.25, -0.2) is 0 Å². The molecule has 2 saturated heterocycles. The van der Waals surface area contributed by atoms with Crippen molar-refractivity contribution < 1.29 is 14.0 Å². The first-order valence-corrected chi connectivity index (χ1v) is 6.70. The first-order valence-electron chi connectivity index (χ1n) is 5.67. The van der Waals surface area contributed by atoms with E-state index in [1.807, 2.05) is 0 Å². The molecule has 2 fully saturated rings. The highest BCUT2D eigenvalue weighted by atomic mass is 32.2. The zero-order valence-corrected chi connectivity index (χ0v) is 11.1. The summed E-state index contributed by atoms with van der Waals surface area (Å²) in [4.78, 5) is 2.33. The quantitative estimate of drug-likeness (QED) is 0.300. The van der Waals surface area contributed by atoms with Crippen LogP contribution in [0.15, 0.2) is 0 Å². The molecule has 4 nitrogen and oxygen atoms in total. The zero-order chi connectivity index (χ0) is 11.4. The van der Waals surface area contributed by atoms with E-state index in [0.717, 1.165) is 52.6 Å². The maximum atomic E-state index is 5.37. The van der Waals surface area contributed by atoms with Crippen LogP contribution in [-0.2, 0) is 9.47 Å². The Labute approximate surface area is 107 Å². The molecule has 2 aliphatic rings. The summed E-state index contributed by atoms with van der Waals surface area (Å²) >= 11 is 8.95. The summed E-state index contributed by atoms with van der Waals surface area (Å²) in [6.45, 7) is 6.91. The van der Waals surface area contributed by atoms with Crippen molar-refractivity contribution in [2.75, 3.05) is 52.6 Å². The van der Waals surface area contributed by atoms with Crippen LogP contribution < -0.4 is 0 Å². The predicted molar refractivity (Wildman–Crippen MR) is 70.0 cm³/mol. The number of hydrogen-bond donors (Lipinski definition) is 2. The van der Waals surface area contributed by atoms with Gasteiger partial charge in [-0.1, -0.05) is 0 Å². The van der Waals surface area contributed by atoms with Gasteiger partial charge < -0.3 is 9.47 Å². The summed E-state index contributed by atoms with van der Waals surface area (Å²) in [5.41, 5.74) is 0. The van der Waals surface area contributed by atoms with E-state index in [4.69, 9.17) is 9.47 Å². The smallest absolute Gasteiger partial charge is 0.270 e. The standard InChI is InChI=1S/C10H18N2O2S2/c15-10(16)9(11-1-5-13-6-2-11)12-3-7-14-8-4-12/h10H,1-8H2,(H-,15,16)/p+1. The van der Waals surface area contributed by atoms with Crippen LogP contribution in [0.25, 0.3) is 0 Å². The topological polar surface area (TPSA) is 24.7 Å². The van der Waals surface area contributed by atoms with Crippen molar-refractivity contribution in [1.29, 1.82) is 0 Å². The Morgan fingerprint density at radius 2 is 1.56 bits per heavy atom. The maximum Gasteiger partial charge on any atom is 0.270 e. The number of thiol groups is 2. The summed E-state index contributed by atoms with van der Waals surface area (Å²) in [5.74, 6) is 1.21. The van der Waals surface area contributed by atoms with Gasteiger partial charge in [0.1, 0.15) is 30.8 Å². The molecule has 0 unspecified atom stereocenters. The molecule has 0 saturated carbocycles. The minimum atomic E-state index is -0.0313. The minimum absolute atomic E-state index is 0.0313. The third-order valence-corrected chi connectivity index (χ3v) is 3.36. The molecular formula is C10H19N2O2S2+. The highest BCUT2D eigenvalue weighted by Crippen LogP contribution is 2.11. The molecule has 0 atom stereocenters. The Hall–Kier alpha value is 0.0900. The van der Waals surface area contributed by atoms with Crippen LogP contribution in [0.1, 0.15) is 0 Å². The fourth-order valence-electron chi connectivity index (χ4n) is 2.11. The maximum absolute atomic E-state index is 5.37. The van der Waals surface area contributed by atoms with E-state index in [1.54, 1.807) is 0 Å². The van der Waals surface area contributed by atoms with Crippen LogP contribution in [0.3, 0.4) is 0 Å². The lowest BCUT2D eigenvalue weighted by atomic mass is 10.3. The Balaban J connectivity index is 2.13. The van der Waals surface area contributed by atoms with Gasteiger partial charge in [-0.3, -0.25) is 9.48 Å². The van der Waals surface area contributed by atoms with Crippen molar-refractivity contribution in [2.45, 2.75) is 4.58 Å². The monoisotopic (exact) mass is 263 g/mol. The van der Waals surface area contributed by atoms with Gasteiger partial charge in [-0.05, 0) is 0 Å². The first kappa shape index (κ1) is 12.5. The molecule has 2 aliphatic heterocycles. The van der Waals surface area contributed by atoms with Gasteiger partial charge in [0.2, 0.25) is 0 Å². The van der Waals surface area contributed by atoms with E-state index in [1.165, 1.54) is 5.84 Å². The van der Waals surface area contributed by atoms with Crippen LogP contribution in [0.5, 0.6) is 0 Å². The van der Waals surface area contributed by atoms with Gasteiger partial charge >= 0.3 is 0 Å². The molecule has 2 heterocycles. The number of morpholine rings is 2. The summed E-state index contributed by atoms with van der Waals surface area (Å²) in [6.07, 6.45) is 0. The normalized spacial score (nSPS) is 22.7. The Kier molecular flexibility index (Phi) is 4.81. The van der Waals surface area contributed by atoms with Crippen LogP contribution in [0.2, 0.25) is 0 Å². The average Bonchev–Trinajstić information content (AvgIpc) is 2.31. The van der Waals surface area contributed by atoms with E-state index >= 15 is 0 Å². The molecule has 0 aliphatic carbocycles. The van der Waals surface area contributed by atoms with Gasteiger partial charge in [-0.2, -0.15) is 25.3 Å². The van der Waals surface area contributed by atoms with E-state index in [0.29, 0.717) is 0 Å². The number of rotatable bonds is 1. The molecule has 0 N–H and O–H groups in total. The zero-order valence-electron chi connectivity index (χ0n) is 9.34. The lowest BCUT2D eigenvalue weighted by molar-refractivity contribution is -0.554. The van der Waals surface area contributed by atoms with Crippen molar-refractivity contribution in [2.24, 2.45) is 0 Å². The van der Waals surface area contributed by atoms with Crippen LogP contribution in [0, 0.1) is 0 Å². The third-order valence-electron chi connectivity index (χ3n) is 2.90. The second kappa shape index (κ2) is 6.14. The van der Waals surface area contributed by atoms with Crippen molar-refractivity contribution >= 4 is 31.1 Å². The Morgan fingerprint density at radius 1 is 1.00 bits per heavy atom. The molecule has 0 aromatic heterocycles. The van der Waals surface area contributed by atoms with Gasteiger partial charge in [0, 0.05) is 0 Å². The molecule has 6 heteroatoms. The van der Waals surface area contributed by atoms with Crippen molar-refractivity contribution in [3.63, 3.8) is 0 Å². The van der Waals surface area contributed by atoms with Crippen LogP contribution in [-0.4, -0.2) is 72.5 Å². The second-order valence-corrected chi connectivity index (χ2v) is 5.37. The summed E-state index contributed by atoms with van der Waals surface area (Å²) < 4.78 is 13.0. The molecule has 92 valence electrons. The van der Waals surface area contributed by atoms with Gasteiger partial charge in [0.15, 0.2) is 0 Å². The number of nitrogens with zero attached hydrogens (tertiary/aromatic N) is 2. The van der Waals surface area contributed by atoms with E-state index < -0.39 is 0 Å². The lowest BCUT2D eigenvalue weighted by Crippen LogP contribution is -2.49. The molecule has 0 amide bonds. The fraction of sp³-hybridized carbons (Fsp3) is 0.900. The predicted octanol–water partition coefficient (Wildman–Crippen LogP) is -0.0545. The highest BCUT2D eigenvalue weighted by molar-refractivity contribution is 8.00. The fourth-order valence-corrected chi connectivity index (χ4v) is 2.76. The number of amidine groups is 1. The number of hydrogen-bond acceptors (Lipinski definition) is 4. The van der Waals surface area contributed by atoms with Gasteiger partial charge in [-0.15, -0.1) is 0 Å². The van der Waals surface area contributed by atoms with Gasteiger partial charge in [0.25, 0.3) is 5.84 Å². The highest BCUT2D eigenvalue weighted by Gasteiger charge is 2.29. The molecule has 0 radical (unpaired) electrons. The van der Waals surface area contributed by atoms with Gasteiger partial charge in [0.05, 0.1) is 26.4 Å². The summed E-state index contributed by atoms with van der Waals surface area (Å²) in [7, 11) is 0. The van der Waals surface area contributed by atoms with E-state index in [9.17, 15) is 0 Å². The summed E-state index contributed by atoms with van der Waals surface area (Å²) in [6, 6.07) is 0. The van der Waals surface area contributed by atoms with E-state index in [2.05, 4.69) is 34.7 Å². The second-order valence-electron chi connectivity index (χ2n) is 3.93. The molecule has 0 aromatic rings. The van der Waals surface area contributed by atoms with Crippen LogP contribution >= 0.6 is 25.3 Å². The Bertz CT molecular complexity index is 258. The third kappa shape index (κ3) is 3.06. The van der Waals surface area contributed by atoms with Crippen molar-refractivity contribution in [3.05, 3.63) is 0 Å². The largest absolute Gasteiger partial charge is 0.373 e. The summed E-state index contributed by atoms with van der Waals surface area (Å²) in [5, 5.41) is 0. The molecule has 2 rings (SSSR count). The molecule has 0 aromatic carbocycles. The molecule has 0 spiro atoms. The van der Waals surface area contributed by atoms with Crippen molar-refractivity contribution in [1.82, 2.24) is 4.90 Å². The Morgan fingerprint density at radius 3 is 2.12 bits per heavy atom. The van der Waals surface area contributed by atoms with Crippen molar-refractivity contribution in [3.8, 4) is 0 Å².